The molecule has 2 aliphatic carbocycles. The summed E-state index contributed by atoms with van der Waals surface area (Å²) in [5, 5.41) is 0. The largest absolute Gasteiger partial charge is 0.334 e. The fraction of sp³-hybridized carbons (Fsp3) is 0.423. The summed E-state index contributed by atoms with van der Waals surface area (Å²) in [6, 6.07) is 18.8. The second-order valence-corrected chi connectivity index (χ2v) is 9.23. The van der Waals surface area contributed by atoms with E-state index in [1.165, 1.54) is 11.1 Å². The van der Waals surface area contributed by atoms with Crippen LogP contribution in [0.15, 0.2) is 60.2 Å². The first kappa shape index (κ1) is 17.6. The lowest BCUT2D eigenvalue weighted by atomic mass is 9.62. The van der Waals surface area contributed by atoms with Crippen LogP contribution in [0, 0.1) is 5.41 Å². The Morgan fingerprint density at radius 1 is 0.966 bits per heavy atom. The fourth-order valence-corrected chi connectivity index (χ4v) is 6.19. The van der Waals surface area contributed by atoms with E-state index in [0.29, 0.717) is 0 Å². The minimum absolute atomic E-state index is 0.235. The van der Waals surface area contributed by atoms with Gasteiger partial charge in [-0.3, -0.25) is 4.79 Å². The molecular weight excluding hydrogens is 360 g/mol. The molecule has 3 fully saturated rings. The molecule has 29 heavy (non-hydrogen) atoms. The van der Waals surface area contributed by atoms with Crippen LogP contribution in [0.25, 0.3) is 6.08 Å². The van der Waals surface area contributed by atoms with Crippen LogP contribution in [0.5, 0.6) is 0 Å². The third-order valence-corrected chi connectivity index (χ3v) is 7.76. The number of fused-ring (bicyclic) bond motifs is 4. The molecule has 148 valence electrons. The van der Waals surface area contributed by atoms with Crippen molar-refractivity contribution in [3.05, 3.63) is 76.9 Å². The number of ketones is 1. The lowest BCUT2D eigenvalue weighted by Crippen LogP contribution is -2.59. The highest BCUT2D eigenvalue weighted by Crippen LogP contribution is 2.67. The second-order valence-electron chi connectivity index (χ2n) is 9.23. The van der Waals surface area contributed by atoms with Crippen molar-refractivity contribution in [1.29, 1.82) is 0 Å². The van der Waals surface area contributed by atoms with Gasteiger partial charge in [0.25, 0.3) is 0 Å². The molecule has 2 aromatic rings. The zero-order valence-electron chi connectivity index (χ0n) is 16.8. The van der Waals surface area contributed by atoms with Gasteiger partial charge in [-0.2, -0.15) is 0 Å². The van der Waals surface area contributed by atoms with Crippen LogP contribution < -0.4 is 0 Å². The van der Waals surface area contributed by atoms with Crippen LogP contribution in [0.2, 0.25) is 0 Å². The fourth-order valence-electron chi connectivity index (χ4n) is 6.19. The van der Waals surface area contributed by atoms with Gasteiger partial charge in [-0.15, -0.1) is 0 Å². The van der Waals surface area contributed by atoms with E-state index >= 15 is 0 Å². The number of Topliss-reactive ketones (excluding diaryl/α,β-unsaturated/α-hetero) is 1. The van der Waals surface area contributed by atoms with Crippen molar-refractivity contribution >= 4 is 11.9 Å². The molecule has 1 saturated carbocycles. The number of aryl methyl sites for hydroxylation is 1. The average Bonchev–Trinajstić information content (AvgIpc) is 3.20. The van der Waals surface area contributed by atoms with E-state index in [1.54, 1.807) is 0 Å². The number of hydrogen-bond acceptors (Lipinski definition) is 3. The van der Waals surface area contributed by atoms with Gasteiger partial charge in [0, 0.05) is 6.42 Å². The molecule has 2 heterocycles. The molecule has 0 aromatic heterocycles. The molecule has 2 saturated heterocycles. The number of rotatable bonds is 1. The molecule has 2 aromatic carbocycles. The second kappa shape index (κ2) is 5.90. The molecule has 2 bridgehead atoms. The van der Waals surface area contributed by atoms with Crippen molar-refractivity contribution in [1.82, 2.24) is 0 Å². The monoisotopic (exact) mass is 386 g/mol. The van der Waals surface area contributed by atoms with Crippen LogP contribution in [-0.2, 0) is 26.3 Å². The average molecular weight is 386 g/mol. The zero-order chi connectivity index (χ0) is 19.7. The van der Waals surface area contributed by atoms with E-state index in [2.05, 4.69) is 61.5 Å². The zero-order valence-corrected chi connectivity index (χ0v) is 16.8. The van der Waals surface area contributed by atoms with E-state index < -0.39 is 22.9 Å². The normalized spacial score (nSPS) is 39.0. The van der Waals surface area contributed by atoms with Crippen LogP contribution in [-0.4, -0.2) is 17.7 Å². The first-order valence-corrected chi connectivity index (χ1v) is 10.9. The van der Waals surface area contributed by atoms with Gasteiger partial charge in [0.05, 0.1) is 5.41 Å². The van der Waals surface area contributed by atoms with Gasteiger partial charge >= 0.3 is 0 Å². The third-order valence-electron chi connectivity index (χ3n) is 7.76. The van der Waals surface area contributed by atoms with Gasteiger partial charge in [0.1, 0.15) is 0 Å². The number of ether oxygens (including phenoxy) is 2. The van der Waals surface area contributed by atoms with Crippen molar-refractivity contribution in [2.24, 2.45) is 5.41 Å². The summed E-state index contributed by atoms with van der Waals surface area (Å²) in [5.41, 5.74) is 3.39. The number of benzene rings is 2. The Morgan fingerprint density at radius 3 is 2.59 bits per heavy atom. The molecule has 0 unspecified atom stereocenters. The first-order chi connectivity index (χ1) is 14.1. The molecular formula is C26H26O3. The van der Waals surface area contributed by atoms with Crippen LogP contribution in [0.1, 0.15) is 55.7 Å². The maximum atomic E-state index is 13.8. The predicted octanol–water partition coefficient (Wildman–Crippen LogP) is 5.19. The molecule has 2 spiro atoms. The van der Waals surface area contributed by atoms with Gasteiger partial charge in [0.15, 0.2) is 23.3 Å². The number of hydrogen-bond donors (Lipinski definition) is 0. The Bertz CT molecular complexity index is 1030. The standard InChI is InChI=1S/C26H26O3/c1-24-15-7-8-16-25(24)28-23(22(24)27)26(29-25)20(17-18-9-3-2-4-10-18)14-13-19-11-5-6-12-21(19)26/h2-6,9-12,17,23H,7-8,13-16H2,1H3/b20-17+/t23-,24+,25-,26+/m0/s1. The highest BCUT2D eigenvalue weighted by atomic mass is 16.8. The van der Waals surface area contributed by atoms with Gasteiger partial charge in [-0.1, -0.05) is 67.1 Å². The lowest BCUT2D eigenvalue weighted by molar-refractivity contribution is -0.249. The van der Waals surface area contributed by atoms with Crippen molar-refractivity contribution in [2.75, 3.05) is 0 Å². The van der Waals surface area contributed by atoms with Gasteiger partial charge in [0.2, 0.25) is 0 Å². The van der Waals surface area contributed by atoms with E-state index in [-0.39, 0.29) is 5.78 Å². The summed E-state index contributed by atoms with van der Waals surface area (Å²) in [6.07, 6.45) is 7.29. The maximum Gasteiger partial charge on any atom is 0.183 e. The van der Waals surface area contributed by atoms with Gasteiger partial charge in [-0.25, -0.2) is 0 Å². The first-order valence-electron chi connectivity index (χ1n) is 10.9. The van der Waals surface area contributed by atoms with Gasteiger partial charge in [-0.05, 0) is 54.9 Å². The van der Waals surface area contributed by atoms with Gasteiger partial charge < -0.3 is 9.47 Å². The molecule has 0 N–H and O–H groups in total. The molecule has 4 atom stereocenters. The smallest absolute Gasteiger partial charge is 0.183 e. The molecule has 2 aliphatic heterocycles. The summed E-state index contributed by atoms with van der Waals surface area (Å²) in [4.78, 5) is 13.8. The Balaban J connectivity index is 1.57. The molecule has 6 rings (SSSR count). The molecule has 0 amide bonds. The summed E-state index contributed by atoms with van der Waals surface area (Å²) < 4.78 is 13.6. The summed E-state index contributed by atoms with van der Waals surface area (Å²) in [7, 11) is 0. The van der Waals surface area contributed by atoms with Crippen LogP contribution >= 0.6 is 0 Å². The highest BCUT2D eigenvalue weighted by Gasteiger charge is 2.77. The van der Waals surface area contributed by atoms with Crippen molar-refractivity contribution < 1.29 is 14.3 Å². The predicted molar refractivity (Wildman–Crippen MR) is 111 cm³/mol. The van der Waals surface area contributed by atoms with E-state index in [4.69, 9.17) is 9.47 Å². The van der Waals surface area contributed by atoms with Crippen LogP contribution in [0.3, 0.4) is 0 Å². The van der Waals surface area contributed by atoms with E-state index in [1.807, 2.05) is 6.07 Å². The Kier molecular flexibility index (Phi) is 3.58. The van der Waals surface area contributed by atoms with Crippen LogP contribution in [0.4, 0.5) is 0 Å². The number of carbonyl (C=O) groups excluding carboxylic acids is 1. The quantitative estimate of drug-likeness (QED) is 0.677. The molecule has 0 radical (unpaired) electrons. The molecule has 4 aliphatic rings. The van der Waals surface area contributed by atoms with E-state index in [0.717, 1.165) is 49.7 Å². The van der Waals surface area contributed by atoms with Crippen molar-refractivity contribution in [3.63, 3.8) is 0 Å². The number of carbonyl (C=O) groups is 1. The minimum atomic E-state index is -0.793. The summed E-state index contributed by atoms with van der Waals surface area (Å²) in [5.74, 6) is -0.549. The topological polar surface area (TPSA) is 35.5 Å². The summed E-state index contributed by atoms with van der Waals surface area (Å²) >= 11 is 0. The Morgan fingerprint density at radius 2 is 1.72 bits per heavy atom. The molecule has 3 nitrogen and oxygen atoms in total. The van der Waals surface area contributed by atoms with Crippen molar-refractivity contribution in [2.45, 2.75) is 62.9 Å². The maximum absolute atomic E-state index is 13.8. The van der Waals surface area contributed by atoms with Crippen molar-refractivity contribution in [3.8, 4) is 0 Å². The third kappa shape index (κ3) is 2.13. The summed E-state index contributed by atoms with van der Waals surface area (Å²) in [6.45, 7) is 2.07. The SMILES string of the molecule is C[C@]12CCCC[C@@]13O[C@@H](C2=O)[C@@]1(O3)/C(=C/c2ccccc2)CCc2ccccc21. The molecule has 3 heteroatoms. The lowest BCUT2D eigenvalue weighted by Gasteiger charge is -2.50. The Labute approximate surface area is 171 Å². The van der Waals surface area contributed by atoms with E-state index in [9.17, 15) is 4.79 Å². The minimum Gasteiger partial charge on any atom is -0.334 e. The highest BCUT2D eigenvalue weighted by molar-refractivity contribution is 5.95. The Hall–Kier alpha value is -2.23.